The molecule has 0 radical (unpaired) electrons. The second kappa shape index (κ2) is 8.09. The predicted molar refractivity (Wildman–Crippen MR) is 98.1 cm³/mol. The van der Waals surface area contributed by atoms with E-state index < -0.39 is 5.97 Å². The number of halogens is 1. The molecule has 0 bridgehead atoms. The summed E-state index contributed by atoms with van der Waals surface area (Å²) in [5.74, 6) is -0.857. The van der Waals surface area contributed by atoms with E-state index in [4.69, 9.17) is 16.3 Å². The average molecular weight is 375 g/mol. The Hall–Kier alpha value is -2.44. The molecule has 1 heterocycles. The molecule has 5 nitrogen and oxygen atoms in total. The van der Waals surface area contributed by atoms with E-state index in [-0.39, 0.29) is 12.5 Å². The van der Waals surface area contributed by atoms with Crippen LogP contribution in [0, 0.1) is 0 Å². The Kier molecular flexibility index (Phi) is 5.63. The van der Waals surface area contributed by atoms with Gasteiger partial charge in [0.25, 0.3) is 5.91 Å². The minimum absolute atomic E-state index is 0.305. The van der Waals surface area contributed by atoms with Crippen LogP contribution in [-0.4, -0.2) is 30.0 Å². The zero-order valence-corrected chi connectivity index (χ0v) is 14.8. The minimum atomic E-state index is -0.525. The highest BCUT2D eigenvalue weighted by Gasteiger charge is 2.11. The van der Waals surface area contributed by atoms with Gasteiger partial charge in [0.1, 0.15) is 0 Å². The number of nitrogens with one attached hydrogen (secondary N) is 1. The first-order valence-corrected chi connectivity index (χ1v) is 8.89. The van der Waals surface area contributed by atoms with Crippen molar-refractivity contribution < 1.29 is 14.3 Å². The number of nitrogens with zero attached hydrogens (tertiary/aromatic N) is 1. The van der Waals surface area contributed by atoms with E-state index in [1.54, 1.807) is 35.8 Å². The molecule has 1 N–H and O–H groups in total. The fourth-order valence-electron chi connectivity index (χ4n) is 2.24. The Bertz CT molecular complexity index is 893. The number of benzene rings is 2. The number of aromatic nitrogens is 1. The van der Waals surface area contributed by atoms with Gasteiger partial charge in [-0.15, -0.1) is 11.3 Å². The summed E-state index contributed by atoms with van der Waals surface area (Å²) in [5, 5.41) is 3.40. The molecule has 25 heavy (non-hydrogen) atoms. The van der Waals surface area contributed by atoms with Crippen molar-refractivity contribution in [2.75, 3.05) is 13.2 Å². The molecule has 0 fully saturated rings. The molecule has 1 aromatic heterocycles. The number of hydrogen-bond donors (Lipinski definition) is 1. The maximum Gasteiger partial charge on any atom is 0.338 e. The molecule has 0 unspecified atom stereocenters. The predicted octanol–water partition coefficient (Wildman–Crippen LogP) is 3.47. The van der Waals surface area contributed by atoms with Crippen LogP contribution in [0.25, 0.3) is 10.2 Å². The summed E-state index contributed by atoms with van der Waals surface area (Å²) < 4.78 is 5.95. The van der Waals surface area contributed by atoms with E-state index in [1.807, 2.05) is 12.1 Å². The van der Waals surface area contributed by atoms with Crippen LogP contribution in [-0.2, 0) is 16.0 Å². The van der Waals surface area contributed by atoms with Crippen molar-refractivity contribution in [3.8, 4) is 0 Å². The van der Waals surface area contributed by atoms with Gasteiger partial charge in [-0.1, -0.05) is 23.7 Å². The van der Waals surface area contributed by atoms with Crippen molar-refractivity contribution >= 4 is 45.0 Å². The topological polar surface area (TPSA) is 68.3 Å². The van der Waals surface area contributed by atoms with Crippen LogP contribution in [0.3, 0.4) is 0 Å². The van der Waals surface area contributed by atoms with Gasteiger partial charge in [-0.3, -0.25) is 4.79 Å². The van der Waals surface area contributed by atoms with E-state index >= 15 is 0 Å². The molecule has 0 aliphatic carbocycles. The second-order valence-corrected chi connectivity index (χ2v) is 6.66. The Morgan fingerprint density at radius 2 is 1.96 bits per heavy atom. The number of fused-ring (bicyclic) bond motifs is 1. The molecule has 1 amide bonds. The maximum absolute atomic E-state index is 12.0. The van der Waals surface area contributed by atoms with Crippen LogP contribution in [0.1, 0.15) is 15.9 Å². The standard InChI is InChI=1S/C18H15ClN2O3S/c19-14-4-1-12(2-5-14)7-8-20-17(22)10-24-18(23)13-3-6-15-16(9-13)25-11-21-15/h1-6,9,11H,7-8,10H2,(H,20,22). The van der Waals surface area contributed by atoms with Crippen LogP contribution in [0.2, 0.25) is 5.02 Å². The number of esters is 1. The monoisotopic (exact) mass is 374 g/mol. The first kappa shape index (κ1) is 17.4. The first-order chi connectivity index (χ1) is 12.1. The molecular weight excluding hydrogens is 360 g/mol. The Morgan fingerprint density at radius 1 is 1.16 bits per heavy atom. The van der Waals surface area contributed by atoms with Crippen molar-refractivity contribution in [2.24, 2.45) is 0 Å². The summed E-state index contributed by atoms with van der Waals surface area (Å²) in [4.78, 5) is 27.9. The summed E-state index contributed by atoms with van der Waals surface area (Å²) in [5.41, 5.74) is 4.03. The SMILES string of the molecule is O=C(COC(=O)c1ccc2ncsc2c1)NCCc1ccc(Cl)cc1. The fraction of sp³-hybridized carbons (Fsp3) is 0.167. The molecule has 3 aromatic rings. The molecular formula is C18H15ClN2O3S. The van der Waals surface area contributed by atoms with Gasteiger partial charge in [0.05, 0.1) is 21.3 Å². The van der Waals surface area contributed by atoms with Gasteiger partial charge in [-0.25, -0.2) is 9.78 Å². The highest BCUT2D eigenvalue weighted by atomic mass is 35.5. The van der Waals surface area contributed by atoms with E-state index in [9.17, 15) is 9.59 Å². The lowest BCUT2D eigenvalue weighted by molar-refractivity contribution is -0.124. The molecule has 0 saturated heterocycles. The Balaban J connectivity index is 1.43. The number of hydrogen-bond acceptors (Lipinski definition) is 5. The summed E-state index contributed by atoms with van der Waals surface area (Å²) in [6.45, 7) is 0.158. The van der Waals surface area contributed by atoms with Gasteiger partial charge in [0.2, 0.25) is 0 Å². The van der Waals surface area contributed by atoms with Crippen LogP contribution in [0.4, 0.5) is 0 Å². The molecule has 0 spiro atoms. The highest BCUT2D eigenvalue weighted by Crippen LogP contribution is 2.19. The lowest BCUT2D eigenvalue weighted by atomic mass is 10.1. The van der Waals surface area contributed by atoms with Crippen LogP contribution in [0.15, 0.2) is 48.0 Å². The van der Waals surface area contributed by atoms with E-state index in [2.05, 4.69) is 10.3 Å². The van der Waals surface area contributed by atoms with Crippen LogP contribution in [0.5, 0.6) is 0 Å². The molecule has 0 aliphatic rings. The summed E-state index contributed by atoms with van der Waals surface area (Å²) in [6.07, 6.45) is 0.679. The van der Waals surface area contributed by atoms with E-state index in [1.165, 1.54) is 11.3 Å². The lowest BCUT2D eigenvalue weighted by Gasteiger charge is -2.07. The zero-order chi connectivity index (χ0) is 17.6. The molecule has 128 valence electrons. The van der Waals surface area contributed by atoms with Crippen molar-refractivity contribution in [1.82, 2.24) is 10.3 Å². The maximum atomic E-state index is 12.0. The number of amides is 1. The van der Waals surface area contributed by atoms with Crippen molar-refractivity contribution in [2.45, 2.75) is 6.42 Å². The minimum Gasteiger partial charge on any atom is -0.452 e. The van der Waals surface area contributed by atoms with E-state index in [0.29, 0.717) is 23.6 Å². The summed E-state index contributed by atoms with van der Waals surface area (Å²) in [7, 11) is 0. The first-order valence-electron chi connectivity index (χ1n) is 7.63. The number of thiazole rings is 1. The Labute approximate surface area is 153 Å². The highest BCUT2D eigenvalue weighted by molar-refractivity contribution is 7.16. The summed E-state index contributed by atoms with van der Waals surface area (Å²) >= 11 is 7.27. The molecule has 7 heteroatoms. The number of carbonyl (C=O) groups excluding carboxylic acids is 2. The molecule has 0 atom stereocenters. The van der Waals surface area contributed by atoms with Gasteiger partial charge in [0, 0.05) is 11.6 Å². The average Bonchev–Trinajstić information content (AvgIpc) is 3.09. The molecule has 0 aliphatic heterocycles. The fourth-order valence-corrected chi connectivity index (χ4v) is 3.09. The van der Waals surface area contributed by atoms with Gasteiger partial charge >= 0.3 is 5.97 Å². The zero-order valence-electron chi connectivity index (χ0n) is 13.2. The van der Waals surface area contributed by atoms with Crippen molar-refractivity contribution in [3.05, 3.63) is 64.1 Å². The molecule has 3 rings (SSSR count). The molecule has 0 saturated carbocycles. The largest absolute Gasteiger partial charge is 0.452 e. The Morgan fingerprint density at radius 3 is 2.76 bits per heavy atom. The normalized spacial score (nSPS) is 10.6. The third-order valence-electron chi connectivity index (χ3n) is 3.55. The molecule has 2 aromatic carbocycles. The number of ether oxygens (including phenoxy) is 1. The van der Waals surface area contributed by atoms with Gasteiger partial charge < -0.3 is 10.1 Å². The van der Waals surface area contributed by atoms with Crippen molar-refractivity contribution in [3.63, 3.8) is 0 Å². The third kappa shape index (κ3) is 4.78. The number of carbonyl (C=O) groups is 2. The smallest absolute Gasteiger partial charge is 0.338 e. The quantitative estimate of drug-likeness (QED) is 0.671. The van der Waals surface area contributed by atoms with E-state index in [0.717, 1.165) is 15.8 Å². The lowest BCUT2D eigenvalue weighted by Crippen LogP contribution is -2.30. The van der Waals surface area contributed by atoms with Crippen molar-refractivity contribution in [1.29, 1.82) is 0 Å². The number of rotatable bonds is 6. The summed E-state index contributed by atoms with van der Waals surface area (Å²) in [6, 6.07) is 12.5. The van der Waals surface area contributed by atoms with Gasteiger partial charge in [-0.05, 0) is 42.3 Å². The third-order valence-corrected chi connectivity index (χ3v) is 4.59. The van der Waals surface area contributed by atoms with Crippen LogP contribution >= 0.6 is 22.9 Å². The van der Waals surface area contributed by atoms with Crippen LogP contribution < -0.4 is 5.32 Å². The second-order valence-electron chi connectivity index (χ2n) is 5.34. The van der Waals surface area contributed by atoms with Gasteiger partial charge in [0.15, 0.2) is 6.61 Å². The van der Waals surface area contributed by atoms with Gasteiger partial charge in [-0.2, -0.15) is 0 Å².